The van der Waals surface area contributed by atoms with Gasteiger partial charge in [-0.05, 0) is 68.7 Å². The smallest absolute Gasteiger partial charge is 0.232 e. The average Bonchev–Trinajstić information content (AvgIpc) is 3.50. The molecule has 2 aromatic rings. The van der Waals surface area contributed by atoms with Crippen molar-refractivity contribution in [3.05, 3.63) is 64.7 Å². The SMILES string of the molecule is CC[C@]1(C)CC(=O)N([C@@H]2c3cc(CNC4CC45c4ccccc4OC(C)(C)[C@H]5O)ccc3C[C@@H]2C)C(N)=N1. The molecule has 0 aromatic heterocycles. The molecule has 1 saturated carbocycles. The highest BCUT2D eigenvalue weighted by atomic mass is 16.5. The average molecular weight is 517 g/mol. The highest BCUT2D eigenvalue weighted by molar-refractivity contribution is 5.99. The second kappa shape index (κ2) is 8.55. The van der Waals surface area contributed by atoms with Crippen molar-refractivity contribution in [3.63, 3.8) is 0 Å². The zero-order valence-electron chi connectivity index (χ0n) is 23.1. The van der Waals surface area contributed by atoms with Gasteiger partial charge in [0.1, 0.15) is 17.5 Å². The van der Waals surface area contributed by atoms with Crippen molar-refractivity contribution >= 4 is 11.9 Å². The van der Waals surface area contributed by atoms with Gasteiger partial charge in [-0.1, -0.05) is 50.2 Å². The van der Waals surface area contributed by atoms with Crippen molar-refractivity contribution in [2.75, 3.05) is 0 Å². The van der Waals surface area contributed by atoms with E-state index >= 15 is 0 Å². The number of aliphatic hydroxyl groups is 1. The van der Waals surface area contributed by atoms with Gasteiger partial charge in [0.2, 0.25) is 5.91 Å². The quantitative estimate of drug-likeness (QED) is 0.559. The summed E-state index contributed by atoms with van der Waals surface area (Å²) in [7, 11) is 0. The molecule has 0 bridgehead atoms. The fourth-order valence-electron chi connectivity index (χ4n) is 7.21. The number of benzene rings is 2. The first kappa shape index (κ1) is 25.4. The second-order valence-corrected chi connectivity index (χ2v) is 12.7. The summed E-state index contributed by atoms with van der Waals surface area (Å²) < 4.78 is 6.16. The number of hydrogen-bond donors (Lipinski definition) is 3. The third-order valence-corrected chi connectivity index (χ3v) is 9.55. The summed E-state index contributed by atoms with van der Waals surface area (Å²) in [5, 5.41) is 15.1. The van der Waals surface area contributed by atoms with Crippen LogP contribution in [0.5, 0.6) is 5.75 Å². The molecular weight excluding hydrogens is 476 g/mol. The lowest BCUT2D eigenvalue weighted by molar-refractivity contribution is -0.132. The Bertz CT molecular complexity index is 1320. The van der Waals surface area contributed by atoms with Gasteiger partial charge in [0, 0.05) is 23.6 Å². The predicted molar refractivity (Wildman–Crippen MR) is 148 cm³/mol. The number of ether oxygens (including phenoxy) is 1. The molecule has 1 amide bonds. The van der Waals surface area contributed by atoms with Crippen molar-refractivity contribution in [3.8, 4) is 5.75 Å². The van der Waals surface area contributed by atoms with E-state index in [9.17, 15) is 9.90 Å². The summed E-state index contributed by atoms with van der Waals surface area (Å²) in [6.07, 6.45) is 2.35. The van der Waals surface area contributed by atoms with Gasteiger partial charge in [-0.3, -0.25) is 9.69 Å². The summed E-state index contributed by atoms with van der Waals surface area (Å²) in [4.78, 5) is 19.8. The van der Waals surface area contributed by atoms with E-state index in [2.05, 4.69) is 43.4 Å². The molecule has 6 rings (SSSR count). The molecule has 1 fully saturated rings. The monoisotopic (exact) mass is 516 g/mol. The topological polar surface area (TPSA) is 100 Å². The van der Waals surface area contributed by atoms with Crippen LogP contribution in [0.1, 0.15) is 82.2 Å². The van der Waals surface area contributed by atoms with E-state index in [1.54, 1.807) is 4.90 Å². The van der Waals surface area contributed by atoms with E-state index in [0.29, 0.717) is 18.9 Å². The highest BCUT2D eigenvalue weighted by Crippen LogP contribution is 2.59. The Hall–Kier alpha value is -2.90. The Morgan fingerprint density at radius 3 is 2.71 bits per heavy atom. The van der Waals surface area contributed by atoms with Crippen molar-refractivity contribution in [1.82, 2.24) is 10.2 Å². The number of carbonyl (C=O) groups is 1. The van der Waals surface area contributed by atoms with Crippen LogP contribution in [0, 0.1) is 5.92 Å². The Morgan fingerprint density at radius 1 is 1.21 bits per heavy atom. The van der Waals surface area contributed by atoms with Crippen molar-refractivity contribution < 1.29 is 14.6 Å². The molecule has 2 aliphatic carbocycles. The standard InChI is InChI=1S/C31H40N4O3/c1-6-30(5)16-25(36)35(28(32)34-30)26-18(2)13-20-12-11-19(14-21(20)26)17-33-24-15-31(24)22-9-7-8-10-23(22)38-29(3,4)27(31)37/h7-12,14,18,24,26-27,33,37H,6,13,15-17H2,1-5H3,(H2,32,34)/t18-,24?,26-,27+,30+,31?/m0/s1. The van der Waals surface area contributed by atoms with Crippen LogP contribution in [0.15, 0.2) is 47.5 Å². The zero-order valence-corrected chi connectivity index (χ0v) is 23.1. The van der Waals surface area contributed by atoms with Gasteiger partial charge in [-0.15, -0.1) is 0 Å². The number of fused-ring (bicyclic) bond motifs is 3. The molecule has 6 atom stereocenters. The first-order valence-corrected chi connectivity index (χ1v) is 14.0. The van der Waals surface area contributed by atoms with E-state index < -0.39 is 17.2 Å². The summed E-state index contributed by atoms with van der Waals surface area (Å²) >= 11 is 0. The van der Waals surface area contributed by atoms with Crippen LogP contribution in [0.25, 0.3) is 0 Å². The van der Waals surface area contributed by atoms with Crippen molar-refractivity contribution in [1.29, 1.82) is 0 Å². The van der Waals surface area contributed by atoms with Gasteiger partial charge >= 0.3 is 0 Å². The number of nitrogens with one attached hydrogen (secondary N) is 1. The van der Waals surface area contributed by atoms with Crippen LogP contribution in [0.3, 0.4) is 0 Å². The molecule has 2 aromatic carbocycles. The lowest BCUT2D eigenvalue weighted by Crippen LogP contribution is -2.54. The minimum absolute atomic E-state index is 0.0600. The highest BCUT2D eigenvalue weighted by Gasteiger charge is 2.67. The number of amides is 1. The van der Waals surface area contributed by atoms with Crippen molar-refractivity contribution in [2.45, 2.75) is 102 Å². The summed E-state index contributed by atoms with van der Waals surface area (Å²) in [6, 6.07) is 14.8. The van der Waals surface area contributed by atoms with Crippen molar-refractivity contribution in [2.24, 2.45) is 16.6 Å². The van der Waals surface area contributed by atoms with E-state index in [1.165, 1.54) is 11.1 Å². The summed E-state index contributed by atoms with van der Waals surface area (Å²) in [5.41, 5.74) is 9.70. The number of aliphatic hydroxyl groups excluding tert-OH is 1. The number of nitrogens with two attached hydrogens (primary N) is 1. The van der Waals surface area contributed by atoms with Gasteiger partial charge < -0.3 is 20.9 Å². The minimum atomic E-state index is -0.655. The predicted octanol–water partition coefficient (Wildman–Crippen LogP) is 3.97. The van der Waals surface area contributed by atoms with Crippen LogP contribution in [-0.2, 0) is 23.2 Å². The first-order chi connectivity index (χ1) is 18.0. The maximum absolute atomic E-state index is 13.3. The molecule has 2 unspecified atom stereocenters. The third kappa shape index (κ3) is 3.77. The van der Waals surface area contributed by atoms with E-state index in [0.717, 1.165) is 36.1 Å². The number of rotatable bonds is 5. The zero-order chi connectivity index (χ0) is 27.0. The molecule has 4 N–H and O–H groups in total. The normalized spacial score (nSPS) is 34.9. The molecule has 2 aliphatic heterocycles. The van der Waals surface area contributed by atoms with Gasteiger partial charge in [-0.2, -0.15) is 0 Å². The molecule has 7 nitrogen and oxygen atoms in total. The first-order valence-electron chi connectivity index (χ1n) is 14.0. The van der Waals surface area contributed by atoms with Gasteiger partial charge in [0.05, 0.1) is 18.0 Å². The number of para-hydroxylation sites is 1. The number of nitrogens with zero attached hydrogens (tertiary/aromatic N) is 2. The van der Waals surface area contributed by atoms with E-state index in [4.69, 9.17) is 15.5 Å². The fourth-order valence-corrected chi connectivity index (χ4v) is 7.21. The molecule has 38 heavy (non-hydrogen) atoms. The van der Waals surface area contributed by atoms with Gasteiger partial charge in [0.25, 0.3) is 0 Å². The van der Waals surface area contributed by atoms with Crippen LogP contribution in [-0.4, -0.2) is 45.2 Å². The molecular formula is C31H40N4O3. The maximum Gasteiger partial charge on any atom is 0.232 e. The lowest BCUT2D eigenvalue weighted by atomic mass is 9.78. The molecule has 0 saturated heterocycles. The second-order valence-electron chi connectivity index (χ2n) is 12.7. The van der Waals surface area contributed by atoms with E-state index in [-0.39, 0.29) is 29.3 Å². The molecule has 7 heteroatoms. The molecule has 2 heterocycles. The number of guanidine groups is 1. The van der Waals surface area contributed by atoms with Gasteiger partial charge in [-0.25, -0.2) is 4.99 Å². The van der Waals surface area contributed by atoms with Crippen LogP contribution < -0.4 is 15.8 Å². The molecule has 202 valence electrons. The Balaban J connectivity index is 1.23. The Labute approximate surface area is 225 Å². The minimum Gasteiger partial charge on any atom is -0.485 e. The Morgan fingerprint density at radius 2 is 1.97 bits per heavy atom. The summed E-state index contributed by atoms with van der Waals surface area (Å²) in [5.74, 6) is 1.53. The largest absolute Gasteiger partial charge is 0.485 e. The van der Waals surface area contributed by atoms with Crippen LogP contribution in [0.4, 0.5) is 0 Å². The maximum atomic E-state index is 13.3. The third-order valence-electron chi connectivity index (χ3n) is 9.55. The molecule has 4 aliphatic rings. The summed E-state index contributed by atoms with van der Waals surface area (Å²) in [6.45, 7) is 10.9. The number of carbonyl (C=O) groups excluding carboxylic acids is 1. The van der Waals surface area contributed by atoms with Gasteiger partial charge in [0.15, 0.2) is 5.96 Å². The van der Waals surface area contributed by atoms with E-state index in [1.807, 2.05) is 39.0 Å². The van der Waals surface area contributed by atoms with Crippen LogP contribution in [0.2, 0.25) is 0 Å². The molecule has 1 spiro atoms. The molecule has 0 radical (unpaired) electrons. The Kier molecular flexibility index (Phi) is 5.71. The fraction of sp³-hybridized carbons (Fsp3) is 0.548. The lowest BCUT2D eigenvalue weighted by Gasteiger charge is -2.43. The number of hydrogen-bond acceptors (Lipinski definition) is 6. The van der Waals surface area contributed by atoms with Crippen LogP contribution >= 0.6 is 0 Å². The number of aliphatic imine (C=N–C) groups is 1.